The highest BCUT2D eigenvalue weighted by Gasteiger charge is 2.48. The molecule has 9 heteroatoms. The first-order valence-electron chi connectivity index (χ1n) is 13.5. The lowest BCUT2D eigenvalue weighted by Gasteiger charge is -2.23. The third-order valence-corrected chi connectivity index (χ3v) is 7.80. The molecule has 3 aromatic rings. The molecule has 0 spiro atoms. The number of aliphatic hydroxyl groups excluding tert-OH is 1. The number of thiazole rings is 1. The average molecular weight is 563 g/mol. The van der Waals surface area contributed by atoms with Gasteiger partial charge in [-0.05, 0) is 61.7 Å². The van der Waals surface area contributed by atoms with Crippen molar-refractivity contribution in [2.75, 3.05) is 18.1 Å². The molecule has 1 aromatic heterocycles. The van der Waals surface area contributed by atoms with E-state index in [1.807, 2.05) is 13.0 Å². The van der Waals surface area contributed by atoms with Crippen molar-refractivity contribution in [1.29, 1.82) is 0 Å². The summed E-state index contributed by atoms with van der Waals surface area (Å²) in [6, 6.07) is 12.9. The first-order chi connectivity index (χ1) is 19.3. The molecule has 210 valence electrons. The van der Waals surface area contributed by atoms with Gasteiger partial charge in [-0.15, -0.1) is 0 Å². The van der Waals surface area contributed by atoms with Gasteiger partial charge in [0.25, 0.3) is 5.78 Å². The van der Waals surface area contributed by atoms with E-state index in [0.717, 1.165) is 37.0 Å². The number of unbranched alkanes of at least 4 members (excludes halogenated alkanes) is 2. The smallest absolute Gasteiger partial charge is 0.301 e. The van der Waals surface area contributed by atoms with Crippen LogP contribution in [0.25, 0.3) is 5.76 Å². The van der Waals surface area contributed by atoms with E-state index in [0.29, 0.717) is 46.4 Å². The molecule has 8 nitrogen and oxygen atoms in total. The van der Waals surface area contributed by atoms with Gasteiger partial charge >= 0.3 is 5.91 Å². The Bertz CT molecular complexity index is 1430. The quantitative estimate of drug-likeness (QED) is 0.0867. The number of anilines is 1. The van der Waals surface area contributed by atoms with Crippen molar-refractivity contribution in [2.24, 2.45) is 0 Å². The molecule has 1 aliphatic heterocycles. The third kappa shape index (κ3) is 6.09. The number of rotatable bonds is 12. The molecule has 0 aliphatic carbocycles. The maximum absolute atomic E-state index is 13.5. The summed E-state index contributed by atoms with van der Waals surface area (Å²) in [6.07, 6.45) is 3.88. The van der Waals surface area contributed by atoms with Crippen LogP contribution in [0.5, 0.6) is 11.5 Å². The molecule has 4 rings (SSSR count). The van der Waals surface area contributed by atoms with Gasteiger partial charge in [0.2, 0.25) is 0 Å². The average Bonchev–Trinajstić information content (AvgIpc) is 3.46. The van der Waals surface area contributed by atoms with Crippen LogP contribution in [-0.2, 0) is 9.59 Å². The molecule has 1 aliphatic rings. The van der Waals surface area contributed by atoms with Gasteiger partial charge in [-0.1, -0.05) is 50.2 Å². The lowest BCUT2D eigenvalue weighted by Crippen LogP contribution is -2.29. The molecule has 40 heavy (non-hydrogen) atoms. The van der Waals surface area contributed by atoms with Crippen molar-refractivity contribution >= 4 is 39.7 Å². The SMILES string of the molecule is CCCCCOc1cccc(C2C(=C(O)c3ccc(OCCC)cc3)C(=O)C(=O)N2c2nc(C)c(C(C)=O)s2)c1. The fourth-order valence-electron chi connectivity index (χ4n) is 4.56. The molecular weight excluding hydrogens is 528 g/mol. The highest BCUT2D eigenvalue weighted by molar-refractivity contribution is 7.18. The fraction of sp³-hybridized carbons (Fsp3) is 0.355. The van der Waals surface area contributed by atoms with Crippen LogP contribution in [0.4, 0.5) is 5.13 Å². The first kappa shape index (κ1) is 29.0. The number of ketones is 2. The van der Waals surface area contributed by atoms with Gasteiger partial charge in [0, 0.05) is 12.5 Å². The monoisotopic (exact) mass is 562 g/mol. The van der Waals surface area contributed by atoms with Gasteiger partial charge in [0.1, 0.15) is 17.3 Å². The lowest BCUT2D eigenvalue weighted by molar-refractivity contribution is -0.132. The van der Waals surface area contributed by atoms with Crippen LogP contribution in [0.3, 0.4) is 0 Å². The molecule has 1 amide bonds. The third-order valence-electron chi connectivity index (χ3n) is 6.55. The van der Waals surface area contributed by atoms with Crippen LogP contribution in [0.15, 0.2) is 54.1 Å². The van der Waals surface area contributed by atoms with Gasteiger partial charge in [-0.2, -0.15) is 0 Å². The topological polar surface area (TPSA) is 106 Å². The maximum Gasteiger partial charge on any atom is 0.301 e. The minimum absolute atomic E-state index is 0.0624. The zero-order valence-corrected chi connectivity index (χ0v) is 24.0. The largest absolute Gasteiger partial charge is 0.507 e. The molecule has 2 heterocycles. The Balaban J connectivity index is 1.82. The number of Topliss-reactive ketones (excluding diaryl/α,β-unsaturated/α-hetero) is 2. The summed E-state index contributed by atoms with van der Waals surface area (Å²) >= 11 is 1.05. The zero-order valence-electron chi connectivity index (χ0n) is 23.2. The van der Waals surface area contributed by atoms with E-state index < -0.39 is 17.7 Å². The number of amides is 1. The number of nitrogens with zero attached hydrogens (tertiary/aromatic N) is 2. The lowest BCUT2D eigenvalue weighted by atomic mass is 9.95. The molecule has 0 saturated carbocycles. The number of carbonyl (C=O) groups is 3. The Morgan fingerprint density at radius 1 is 1.00 bits per heavy atom. The molecule has 1 atom stereocenters. The van der Waals surface area contributed by atoms with E-state index in [-0.39, 0.29) is 22.2 Å². The summed E-state index contributed by atoms with van der Waals surface area (Å²) in [5, 5.41) is 11.6. The molecule has 1 fully saturated rings. The molecule has 0 bridgehead atoms. The van der Waals surface area contributed by atoms with Crippen LogP contribution in [0, 0.1) is 6.92 Å². The second kappa shape index (κ2) is 12.9. The molecular formula is C31H34N2O6S. The summed E-state index contributed by atoms with van der Waals surface area (Å²) in [6.45, 7) is 8.35. The number of aliphatic hydroxyl groups is 1. The van der Waals surface area contributed by atoms with Crippen LogP contribution in [0.2, 0.25) is 0 Å². The first-order valence-corrected chi connectivity index (χ1v) is 14.3. The second-order valence-electron chi connectivity index (χ2n) is 9.64. The Morgan fingerprint density at radius 2 is 1.73 bits per heavy atom. The van der Waals surface area contributed by atoms with Crippen molar-refractivity contribution < 1.29 is 29.0 Å². The Labute approximate surface area is 238 Å². The van der Waals surface area contributed by atoms with E-state index in [4.69, 9.17) is 9.47 Å². The van der Waals surface area contributed by atoms with Gasteiger partial charge in [0.15, 0.2) is 10.9 Å². The predicted molar refractivity (Wildman–Crippen MR) is 155 cm³/mol. The van der Waals surface area contributed by atoms with E-state index in [2.05, 4.69) is 11.9 Å². The number of hydrogen-bond donors (Lipinski definition) is 1. The second-order valence-corrected chi connectivity index (χ2v) is 10.6. The fourth-order valence-corrected chi connectivity index (χ4v) is 5.55. The van der Waals surface area contributed by atoms with Crippen molar-refractivity contribution in [3.63, 3.8) is 0 Å². The van der Waals surface area contributed by atoms with Crippen molar-refractivity contribution in [2.45, 2.75) is 59.4 Å². The van der Waals surface area contributed by atoms with Crippen molar-refractivity contribution in [3.8, 4) is 11.5 Å². The van der Waals surface area contributed by atoms with Gasteiger partial charge in [-0.3, -0.25) is 19.3 Å². The maximum atomic E-state index is 13.5. The van der Waals surface area contributed by atoms with Gasteiger partial charge < -0.3 is 14.6 Å². The number of benzene rings is 2. The van der Waals surface area contributed by atoms with Gasteiger partial charge in [0.05, 0.1) is 35.4 Å². The number of ether oxygens (including phenoxy) is 2. The number of aromatic nitrogens is 1. The van der Waals surface area contributed by atoms with E-state index in [1.54, 1.807) is 49.4 Å². The molecule has 1 N–H and O–H groups in total. The number of carbonyl (C=O) groups excluding carboxylic acids is 3. The standard InChI is InChI=1S/C31H34N2O6S/c1-5-7-8-17-39-24-11-9-10-22(18-24)26-25(27(35)21-12-14-23(15-13-21)38-16-6-2)28(36)30(37)33(26)31-32-19(3)29(40-31)20(4)34/h9-15,18,26,35H,5-8,16-17H2,1-4H3. The van der Waals surface area contributed by atoms with E-state index in [1.165, 1.54) is 11.8 Å². The molecule has 1 unspecified atom stereocenters. The summed E-state index contributed by atoms with van der Waals surface area (Å²) < 4.78 is 11.6. The predicted octanol–water partition coefficient (Wildman–Crippen LogP) is 6.64. The molecule has 0 radical (unpaired) electrons. The summed E-state index contributed by atoms with van der Waals surface area (Å²) in [7, 11) is 0. The van der Waals surface area contributed by atoms with E-state index >= 15 is 0 Å². The van der Waals surface area contributed by atoms with Crippen molar-refractivity contribution in [1.82, 2.24) is 4.98 Å². The highest BCUT2D eigenvalue weighted by atomic mass is 32.1. The normalized spacial score (nSPS) is 16.4. The number of aryl methyl sites for hydroxylation is 1. The van der Waals surface area contributed by atoms with Crippen LogP contribution < -0.4 is 14.4 Å². The summed E-state index contributed by atoms with van der Waals surface area (Å²) in [5.41, 5.74) is 1.36. The molecule has 1 saturated heterocycles. The Morgan fingerprint density at radius 3 is 2.38 bits per heavy atom. The van der Waals surface area contributed by atoms with Crippen LogP contribution in [0.1, 0.15) is 79.0 Å². The van der Waals surface area contributed by atoms with E-state index in [9.17, 15) is 19.5 Å². The van der Waals surface area contributed by atoms with Crippen LogP contribution in [-0.4, -0.2) is 40.8 Å². The minimum atomic E-state index is -0.972. The van der Waals surface area contributed by atoms with Crippen LogP contribution >= 0.6 is 11.3 Å². The highest BCUT2D eigenvalue weighted by Crippen LogP contribution is 2.44. The summed E-state index contributed by atoms with van der Waals surface area (Å²) in [4.78, 5) is 45.3. The number of hydrogen-bond acceptors (Lipinski definition) is 8. The van der Waals surface area contributed by atoms with Crippen molar-refractivity contribution in [3.05, 3.63) is 75.8 Å². The Kier molecular flexibility index (Phi) is 9.37. The van der Waals surface area contributed by atoms with Gasteiger partial charge in [-0.25, -0.2) is 4.98 Å². The molecule has 2 aromatic carbocycles. The summed E-state index contributed by atoms with van der Waals surface area (Å²) in [5.74, 6) is -0.910. The zero-order chi connectivity index (χ0) is 28.8. The Hall–Kier alpha value is -3.98. The minimum Gasteiger partial charge on any atom is -0.507 e.